The molecule has 0 fully saturated rings. The van der Waals surface area contributed by atoms with E-state index in [1.807, 2.05) is 36.4 Å². The second-order valence-corrected chi connectivity index (χ2v) is 7.53. The Hall–Kier alpha value is -4.46. The molecule has 2 aromatic heterocycles. The standard InChI is InChI=1S/C24H20N6O2/c31-23(17-4-6-21-19(9-17)13-27-29-21)25-11-15-2-1-3-16(8-15)12-26-24(32)18-5-7-22-20(10-18)14-28-30-22/h1-10,13-14H,11-12H2,(H,25,31)(H,26,32)(H,27,29)(H,28,30). The zero-order valence-corrected chi connectivity index (χ0v) is 17.1. The minimum atomic E-state index is -0.151. The number of carbonyl (C=O) groups is 2. The molecule has 5 rings (SSSR count). The molecule has 0 bridgehead atoms. The summed E-state index contributed by atoms with van der Waals surface area (Å²) in [5, 5.41) is 21.3. The highest BCUT2D eigenvalue weighted by Gasteiger charge is 2.09. The number of hydrogen-bond donors (Lipinski definition) is 4. The molecule has 0 spiro atoms. The van der Waals surface area contributed by atoms with Crippen LogP contribution in [0, 0.1) is 0 Å². The second-order valence-electron chi connectivity index (χ2n) is 7.53. The maximum absolute atomic E-state index is 12.5. The lowest BCUT2D eigenvalue weighted by atomic mass is 10.1. The van der Waals surface area contributed by atoms with Crippen molar-refractivity contribution in [3.63, 3.8) is 0 Å². The molecule has 32 heavy (non-hydrogen) atoms. The first kappa shape index (κ1) is 19.5. The molecule has 5 aromatic rings. The molecule has 8 nitrogen and oxygen atoms in total. The zero-order valence-electron chi connectivity index (χ0n) is 17.1. The van der Waals surface area contributed by atoms with Gasteiger partial charge in [0.15, 0.2) is 0 Å². The smallest absolute Gasteiger partial charge is 0.251 e. The van der Waals surface area contributed by atoms with Crippen LogP contribution in [0.15, 0.2) is 73.1 Å². The van der Waals surface area contributed by atoms with Gasteiger partial charge in [0, 0.05) is 35.0 Å². The first-order valence-electron chi connectivity index (χ1n) is 10.2. The number of carbonyl (C=O) groups excluding carboxylic acids is 2. The van der Waals surface area contributed by atoms with Gasteiger partial charge < -0.3 is 10.6 Å². The van der Waals surface area contributed by atoms with Crippen LogP contribution in [-0.4, -0.2) is 32.2 Å². The van der Waals surface area contributed by atoms with Gasteiger partial charge in [0.25, 0.3) is 11.8 Å². The van der Waals surface area contributed by atoms with E-state index in [1.165, 1.54) is 0 Å². The summed E-state index contributed by atoms with van der Waals surface area (Å²) in [4.78, 5) is 25.0. The van der Waals surface area contributed by atoms with Gasteiger partial charge in [0.2, 0.25) is 0 Å². The summed E-state index contributed by atoms with van der Waals surface area (Å²) in [6.07, 6.45) is 3.38. The maximum atomic E-state index is 12.5. The van der Waals surface area contributed by atoms with Gasteiger partial charge in [0.1, 0.15) is 0 Å². The highest BCUT2D eigenvalue weighted by atomic mass is 16.2. The summed E-state index contributed by atoms with van der Waals surface area (Å²) in [5.74, 6) is -0.303. The minimum absolute atomic E-state index is 0.151. The number of hydrogen-bond acceptors (Lipinski definition) is 4. The lowest BCUT2D eigenvalue weighted by Crippen LogP contribution is -2.24. The van der Waals surface area contributed by atoms with Crippen LogP contribution in [0.4, 0.5) is 0 Å². The van der Waals surface area contributed by atoms with E-state index in [2.05, 4.69) is 31.0 Å². The number of aromatic nitrogens is 4. The fraction of sp³-hybridized carbons (Fsp3) is 0.0833. The number of amides is 2. The summed E-state index contributed by atoms with van der Waals surface area (Å²) >= 11 is 0. The van der Waals surface area contributed by atoms with E-state index in [0.29, 0.717) is 24.2 Å². The van der Waals surface area contributed by atoms with Gasteiger partial charge in [-0.25, -0.2) is 0 Å². The Balaban J connectivity index is 1.19. The van der Waals surface area contributed by atoms with E-state index in [1.54, 1.807) is 36.7 Å². The van der Waals surface area contributed by atoms with Crippen molar-refractivity contribution in [2.45, 2.75) is 13.1 Å². The van der Waals surface area contributed by atoms with Crippen molar-refractivity contribution in [2.24, 2.45) is 0 Å². The summed E-state index contributed by atoms with van der Waals surface area (Å²) in [7, 11) is 0. The van der Waals surface area contributed by atoms with Crippen molar-refractivity contribution in [1.82, 2.24) is 31.0 Å². The van der Waals surface area contributed by atoms with E-state index >= 15 is 0 Å². The molecule has 2 amide bonds. The number of fused-ring (bicyclic) bond motifs is 2. The molecular weight excluding hydrogens is 404 g/mol. The van der Waals surface area contributed by atoms with Crippen molar-refractivity contribution in [3.8, 4) is 0 Å². The quantitative estimate of drug-likeness (QED) is 0.335. The lowest BCUT2D eigenvalue weighted by Gasteiger charge is -2.09. The Kier molecular flexibility index (Phi) is 5.09. The molecule has 0 aliphatic carbocycles. The van der Waals surface area contributed by atoms with Crippen molar-refractivity contribution in [3.05, 3.63) is 95.3 Å². The molecule has 4 N–H and O–H groups in total. The predicted molar refractivity (Wildman–Crippen MR) is 121 cm³/mol. The largest absolute Gasteiger partial charge is 0.348 e. The van der Waals surface area contributed by atoms with Crippen LogP contribution in [0.3, 0.4) is 0 Å². The summed E-state index contributed by atoms with van der Waals surface area (Å²) < 4.78 is 0. The third-order valence-electron chi connectivity index (χ3n) is 5.30. The van der Waals surface area contributed by atoms with Gasteiger partial charge in [-0.2, -0.15) is 10.2 Å². The normalized spacial score (nSPS) is 11.0. The molecule has 0 aliphatic heterocycles. The van der Waals surface area contributed by atoms with Crippen LogP contribution in [-0.2, 0) is 13.1 Å². The molecule has 0 aliphatic rings. The van der Waals surface area contributed by atoms with Gasteiger partial charge >= 0.3 is 0 Å². The number of aromatic amines is 2. The van der Waals surface area contributed by atoms with E-state index in [9.17, 15) is 9.59 Å². The number of H-pyrrole nitrogens is 2. The highest BCUT2D eigenvalue weighted by molar-refractivity contribution is 5.98. The van der Waals surface area contributed by atoms with Gasteiger partial charge in [0.05, 0.1) is 23.4 Å². The predicted octanol–water partition coefficient (Wildman–Crippen LogP) is 3.30. The molecule has 0 unspecified atom stereocenters. The van der Waals surface area contributed by atoms with Crippen LogP contribution in [0.25, 0.3) is 21.8 Å². The Bertz CT molecular complexity index is 1330. The van der Waals surface area contributed by atoms with Crippen LogP contribution < -0.4 is 10.6 Å². The third kappa shape index (κ3) is 4.06. The molecule has 0 saturated heterocycles. The van der Waals surface area contributed by atoms with Crippen molar-refractivity contribution >= 4 is 33.6 Å². The van der Waals surface area contributed by atoms with Gasteiger partial charge in [-0.15, -0.1) is 0 Å². The van der Waals surface area contributed by atoms with Crippen molar-refractivity contribution < 1.29 is 9.59 Å². The van der Waals surface area contributed by atoms with Gasteiger partial charge in [-0.1, -0.05) is 24.3 Å². The fourth-order valence-electron chi connectivity index (χ4n) is 3.59. The van der Waals surface area contributed by atoms with E-state index in [-0.39, 0.29) is 11.8 Å². The fourth-order valence-corrected chi connectivity index (χ4v) is 3.59. The minimum Gasteiger partial charge on any atom is -0.348 e. The number of benzene rings is 3. The molecular formula is C24H20N6O2. The summed E-state index contributed by atoms with van der Waals surface area (Å²) in [6.45, 7) is 0.780. The van der Waals surface area contributed by atoms with Gasteiger partial charge in [-0.05, 0) is 47.5 Å². The summed E-state index contributed by atoms with van der Waals surface area (Å²) in [5.41, 5.74) is 4.85. The monoisotopic (exact) mass is 424 g/mol. The first-order chi connectivity index (χ1) is 15.7. The Morgan fingerprint density at radius 1 is 0.688 bits per heavy atom. The van der Waals surface area contributed by atoms with E-state index in [4.69, 9.17) is 0 Å². The average Bonchev–Trinajstić information content (AvgIpc) is 3.49. The van der Waals surface area contributed by atoms with Crippen molar-refractivity contribution in [2.75, 3.05) is 0 Å². The van der Waals surface area contributed by atoms with E-state index < -0.39 is 0 Å². The lowest BCUT2D eigenvalue weighted by molar-refractivity contribution is 0.0943. The van der Waals surface area contributed by atoms with Crippen LogP contribution >= 0.6 is 0 Å². The molecule has 0 saturated carbocycles. The van der Waals surface area contributed by atoms with Crippen LogP contribution in [0.2, 0.25) is 0 Å². The number of nitrogens with one attached hydrogen (secondary N) is 4. The second kappa shape index (κ2) is 8.35. The van der Waals surface area contributed by atoms with E-state index in [0.717, 1.165) is 32.9 Å². The average molecular weight is 424 g/mol. The number of rotatable bonds is 6. The zero-order chi connectivity index (χ0) is 21.9. The van der Waals surface area contributed by atoms with Crippen LogP contribution in [0.5, 0.6) is 0 Å². The van der Waals surface area contributed by atoms with Crippen molar-refractivity contribution in [1.29, 1.82) is 0 Å². The van der Waals surface area contributed by atoms with Gasteiger partial charge in [-0.3, -0.25) is 19.8 Å². The topological polar surface area (TPSA) is 116 Å². The molecule has 158 valence electrons. The Labute approximate surface area is 183 Å². The Morgan fingerprint density at radius 3 is 1.69 bits per heavy atom. The molecule has 8 heteroatoms. The highest BCUT2D eigenvalue weighted by Crippen LogP contribution is 2.14. The summed E-state index contributed by atoms with van der Waals surface area (Å²) in [6, 6.07) is 18.6. The first-order valence-corrected chi connectivity index (χ1v) is 10.2. The molecule has 3 aromatic carbocycles. The van der Waals surface area contributed by atoms with Crippen LogP contribution in [0.1, 0.15) is 31.8 Å². The SMILES string of the molecule is O=C(NCc1cccc(CNC(=O)c2ccc3[nH]ncc3c2)c1)c1ccc2[nH]ncc2c1. The third-order valence-corrected chi connectivity index (χ3v) is 5.30. The molecule has 2 heterocycles. The number of nitrogens with zero attached hydrogens (tertiary/aromatic N) is 2. The maximum Gasteiger partial charge on any atom is 0.251 e. The molecule has 0 atom stereocenters. The molecule has 0 radical (unpaired) electrons. The Morgan fingerprint density at radius 2 is 1.19 bits per heavy atom.